The molecule has 4 rings (SSSR count). The summed E-state index contributed by atoms with van der Waals surface area (Å²) in [5.74, 6) is -0.0741. The van der Waals surface area contributed by atoms with E-state index in [1.54, 1.807) is 0 Å². The Kier molecular flexibility index (Phi) is 6.37. The van der Waals surface area contributed by atoms with Crippen LogP contribution in [0.25, 0.3) is 10.9 Å². The molecule has 0 spiro atoms. The van der Waals surface area contributed by atoms with Crippen LogP contribution >= 0.6 is 0 Å². The number of hydrogen-bond acceptors (Lipinski definition) is 3. The molecule has 1 aliphatic rings. The number of carbonyl (C=O) groups excluding carboxylic acids is 2. The molecule has 2 N–H and O–H groups in total. The van der Waals surface area contributed by atoms with E-state index in [9.17, 15) is 9.59 Å². The van der Waals surface area contributed by atoms with Crippen molar-refractivity contribution in [3.8, 4) is 0 Å². The fourth-order valence-corrected chi connectivity index (χ4v) is 4.19. The number of H-pyrrole nitrogens is 1. The summed E-state index contributed by atoms with van der Waals surface area (Å²) in [5.41, 5.74) is 3.79. The average Bonchev–Trinajstić information content (AvgIpc) is 3.30. The van der Waals surface area contributed by atoms with Crippen LogP contribution in [-0.4, -0.2) is 47.5 Å². The van der Waals surface area contributed by atoms with Gasteiger partial charge in [-0.15, -0.1) is 0 Å². The normalized spacial score (nSPS) is 15.6. The summed E-state index contributed by atoms with van der Waals surface area (Å²) in [6.45, 7) is 5.56. The van der Waals surface area contributed by atoms with E-state index < -0.39 is 0 Å². The quantitative estimate of drug-likeness (QED) is 0.514. The van der Waals surface area contributed by atoms with Gasteiger partial charge >= 0.3 is 0 Å². The van der Waals surface area contributed by atoms with Crippen molar-refractivity contribution in [2.45, 2.75) is 38.8 Å². The van der Waals surface area contributed by atoms with Gasteiger partial charge in [-0.3, -0.25) is 9.59 Å². The van der Waals surface area contributed by atoms with Gasteiger partial charge in [0.2, 0.25) is 5.91 Å². The van der Waals surface area contributed by atoms with Crippen LogP contribution in [0.2, 0.25) is 0 Å². The number of amides is 2. The number of hydrogen-bond donors (Lipinski definition) is 2. The molecular weight excluding hydrogens is 390 g/mol. The molecule has 0 unspecified atom stereocenters. The third kappa shape index (κ3) is 4.49. The largest absolute Gasteiger partial charge is 0.379 e. The Balaban J connectivity index is 1.47. The predicted octanol–water partition coefficient (Wildman–Crippen LogP) is 4.03. The molecule has 0 saturated carbocycles. The van der Waals surface area contributed by atoms with E-state index in [0.717, 1.165) is 28.5 Å². The monoisotopic (exact) mass is 419 g/mol. The summed E-state index contributed by atoms with van der Waals surface area (Å²) in [4.78, 5) is 30.7. The smallest absolute Gasteiger partial charge is 0.255 e. The minimum absolute atomic E-state index is 0.0241. The van der Waals surface area contributed by atoms with E-state index in [1.165, 1.54) is 0 Å². The molecule has 162 valence electrons. The fourth-order valence-electron chi connectivity index (χ4n) is 4.19. The van der Waals surface area contributed by atoms with Crippen LogP contribution in [0.5, 0.6) is 0 Å². The maximum absolute atomic E-state index is 13.2. The number of para-hydroxylation sites is 1. The van der Waals surface area contributed by atoms with Crippen molar-refractivity contribution < 1.29 is 14.3 Å². The molecule has 1 aliphatic heterocycles. The molecule has 2 aromatic carbocycles. The lowest BCUT2D eigenvalue weighted by molar-refractivity contribution is -0.121. The highest BCUT2D eigenvalue weighted by Gasteiger charge is 2.38. The predicted molar refractivity (Wildman–Crippen MR) is 121 cm³/mol. The van der Waals surface area contributed by atoms with Crippen LogP contribution in [0.15, 0.2) is 54.7 Å². The summed E-state index contributed by atoms with van der Waals surface area (Å²) in [5, 5.41) is 4.03. The van der Waals surface area contributed by atoms with Crippen molar-refractivity contribution >= 4 is 22.7 Å². The fraction of sp³-hybridized carbons (Fsp3) is 0.360. The van der Waals surface area contributed by atoms with E-state index in [2.05, 4.69) is 16.4 Å². The Morgan fingerprint density at radius 1 is 1.13 bits per heavy atom. The SMILES string of the molecule is CC(C)OCCCNC(=O)CCN1C(=O)c2ccccc2[C@H]1c1c[nH]c2ccccc12. The Morgan fingerprint density at radius 3 is 2.74 bits per heavy atom. The molecule has 0 aliphatic carbocycles. The topological polar surface area (TPSA) is 74.4 Å². The van der Waals surface area contributed by atoms with Crippen LogP contribution in [0, 0.1) is 0 Å². The zero-order chi connectivity index (χ0) is 21.8. The molecule has 0 fully saturated rings. The highest BCUT2D eigenvalue weighted by Crippen LogP contribution is 2.41. The van der Waals surface area contributed by atoms with E-state index in [-0.39, 0.29) is 30.4 Å². The van der Waals surface area contributed by atoms with Crippen molar-refractivity contribution in [2.24, 2.45) is 0 Å². The lowest BCUT2D eigenvalue weighted by Gasteiger charge is -2.25. The molecule has 6 nitrogen and oxygen atoms in total. The second kappa shape index (κ2) is 9.35. The number of nitrogens with one attached hydrogen (secondary N) is 2. The van der Waals surface area contributed by atoms with Gasteiger partial charge < -0.3 is 19.9 Å². The second-order valence-electron chi connectivity index (χ2n) is 8.15. The zero-order valence-electron chi connectivity index (χ0n) is 18.1. The number of aromatic nitrogens is 1. The summed E-state index contributed by atoms with van der Waals surface area (Å²) in [6, 6.07) is 15.6. The van der Waals surface area contributed by atoms with E-state index in [4.69, 9.17) is 4.74 Å². The summed E-state index contributed by atoms with van der Waals surface area (Å²) >= 11 is 0. The highest BCUT2D eigenvalue weighted by atomic mass is 16.5. The first kappa shape index (κ1) is 21.1. The number of rotatable bonds is 9. The standard InChI is InChI=1S/C25H29N3O3/c1-17(2)31-15-7-13-26-23(29)12-14-28-24(19-9-3-4-10-20(19)25(28)30)21-16-27-22-11-6-5-8-18(21)22/h3-6,8-11,16-17,24,27H,7,12-15H2,1-2H3,(H,26,29)/t24-/m0/s1. The second-order valence-corrected chi connectivity index (χ2v) is 8.15. The molecule has 0 radical (unpaired) electrons. The first-order valence-electron chi connectivity index (χ1n) is 10.9. The van der Waals surface area contributed by atoms with Gasteiger partial charge in [0.15, 0.2) is 0 Å². The zero-order valence-corrected chi connectivity index (χ0v) is 18.1. The third-order valence-electron chi connectivity index (χ3n) is 5.65. The summed E-state index contributed by atoms with van der Waals surface area (Å²) in [6.07, 6.45) is 3.21. The van der Waals surface area contributed by atoms with Gasteiger partial charge in [-0.05, 0) is 38.0 Å². The van der Waals surface area contributed by atoms with Gasteiger partial charge in [0, 0.05) is 54.3 Å². The maximum atomic E-state index is 13.2. The van der Waals surface area contributed by atoms with Crippen LogP contribution in [0.4, 0.5) is 0 Å². The highest BCUT2D eigenvalue weighted by molar-refractivity contribution is 6.01. The van der Waals surface area contributed by atoms with Crippen molar-refractivity contribution in [3.05, 3.63) is 71.4 Å². The Hall–Kier alpha value is -3.12. The number of benzene rings is 2. The molecule has 3 aromatic rings. The molecule has 0 bridgehead atoms. The summed E-state index contributed by atoms with van der Waals surface area (Å²) < 4.78 is 5.50. The van der Waals surface area contributed by atoms with Crippen LogP contribution < -0.4 is 5.32 Å². The van der Waals surface area contributed by atoms with Crippen LogP contribution in [0.3, 0.4) is 0 Å². The minimum Gasteiger partial charge on any atom is -0.379 e. The number of ether oxygens (including phenoxy) is 1. The molecule has 31 heavy (non-hydrogen) atoms. The van der Waals surface area contributed by atoms with Crippen LogP contribution in [-0.2, 0) is 9.53 Å². The minimum atomic E-state index is -0.202. The molecule has 1 atom stereocenters. The van der Waals surface area contributed by atoms with E-state index >= 15 is 0 Å². The Morgan fingerprint density at radius 2 is 1.90 bits per heavy atom. The number of nitrogens with zero attached hydrogens (tertiary/aromatic N) is 1. The number of carbonyl (C=O) groups is 2. The molecule has 2 amide bonds. The van der Waals surface area contributed by atoms with Gasteiger partial charge in [-0.25, -0.2) is 0 Å². The first-order valence-corrected chi connectivity index (χ1v) is 10.9. The summed E-state index contributed by atoms with van der Waals surface area (Å²) in [7, 11) is 0. The molecule has 0 saturated heterocycles. The van der Waals surface area contributed by atoms with Gasteiger partial charge in [0.05, 0.1) is 12.1 Å². The maximum Gasteiger partial charge on any atom is 0.255 e. The van der Waals surface area contributed by atoms with Gasteiger partial charge in [-0.1, -0.05) is 36.4 Å². The van der Waals surface area contributed by atoms with Crippen molar-refractivity contribution in [1.82, 2.24) is 15.2 Å². The van der Waals surface area contributed by atoms with Gasteiger partial charge in [-0.2, -0.15) is 0 Å². The number of aromatic amines is 1. The van der Waals surface area contributed by atoms with Crippen molar-refractivity contribution in [1.29, 1.82) is 0 Å². The lowest BCUT2D eigenvalue weighted by Crippen LogP contribution is -2.34. The Labute approximate surface area is 182 Å². The molecular formula is C25H29N3O3. The third-order valence-corrected chi connectivity index (χ3v) is 5.65. The molecule has 2 heterocycles. The molecule has 6 heteroatoms. The number of fused-ring (bicyclic) bond motifs is 2. The molecule has 1 aromatic heterocycles. The van der Waals surface area contributed by atoms with E-state index in [1.807, 2.05) is 67.4 Å². The van der Waals surface area contributed by atoms with Crippen molar-refractivity contribution in [3.63, 3.8) is 0 Å². The van der Waals surface area contributed by atoms with E-state index in [0.29, 0.717) is 25.3 Å². The van der Waals surface area contributed by atoms with Crippen LogP contribution in [0.1, 0.15) is 54.2 Å². The van der Waals surface area contributed by atoms with Gasteiger partial charge in [0.25, 0.3) is 5.91 Å². The lowest BCUT2D eigenvalue weighted by atomic mass is 9.97. The Bertz CT molecular complexity index is 1070. The average molecular weight is 420 g/mol. The van der Waals surface area contributed by atoms with Gasteiger partial charge in [0.1, 0.15) is 0 Å². The van der Waals surface area contributed by atoms with Crippen molar-refractivity contribution in [2.75, 3.05) is 19.7 Å². The first-order chi connectivity index (χ1) is 15.1.